The fraction of sp³-hybridized carbons (Fsp3) is 0.923. The second-order valence-electron chi connectivity index (χ2n) is 6.27. The number of carbonyl (C=O) groups is 1. The summed E-state index contributed by atoms with van der Waals surface area (Å²) in [5.41, 5.74) is 0.225. The molecule has 2 aliphatic rings. The lowest BCUT2D eigenvalue weighted by Gasteiger charge is -2.45. The van der Waals surface area contributed by atoms with E-state index < -0.39 is 0 Å². The Labute approximate surface area is 98.8 Å². The Morgan fingerprint density at radius 2 is 1.81 bits per heavy atom. The van der Waals surface area contributed by atoms with Crippen LogP contribution in [-0.2, 0) is 4.79 Å². The predicted molar refractivity (Wildman–Crippen MR) is 65.2 cm³/mol. The zero-order chi connectivity index (χ0) is 11.9. The van der Waals surface area contributed by atoms with Gasteiger partial charge in [0.1, 0.15) is 0 Å². The van der Waals surface area contributed by atoms with E-state index in [4.69, 9.17) is 0 Å². The van der Waals surface area contributed by atoms with Gasteiger partial charge in [0.25, 0.3) is 0 Å². The molecule has 1 aliphatic heterocycles. The molecular formula is C13H24N2O. The first-order valence-corrected chi connectivity index (χ1v) is 6.45. The van der Waals surface area contributed by atoms with E-state index in [1.165, 1.54) is 0 Å². The van der Waals surface area contributed by atoms with Crippen LogP contribution in [0.15, 0.2) is 0 Å². The molecule has 1 amide bonds. The van der Waals surface area contributed by atoms with Crippen molar-refractivity contribution in [2.24, 2.45) is 5.92 Å². The van der Waals surface area contributed by atoms with Crippen LogP contribution in [0.25, 0.3) is 0 Å². The van der Waals surface area contributed by atoms with Gasteiger partial charge >= 0.3 is 0 Å². The normalized spacial score (nSPS) is 28.2. The summed E-state index contributed by atoms with van der Waals surface area (Å²) >= 11 is 0. The summed E-state index contributed by atoms with van der Waals surface area (Å²) in [6, 6.07) is 0.376. The topological polar surface area (TPSA) is 23.6 Å². The molecular weight excluding hydrogens is 200 g/mol. The van der Waals surface area contributed by atoms with Gasteiger partial charge in [-0.2, -0.15) is 0 Å². The lowest BCUT2D eigenvalue weighted by molar-refractivity contribution is -0.138. The third-order valence-electron chi connectivity index (χ3n) is 3.79. The average Bonchev–Trinajstić information content (AvgIpc) is 2.98. The van der Waals surface area contributed by atoms with Crippen molar-refractivity contribution < 1.29 is 4.79 Å². The van der Waals surface area contributed by atoms with Gasteiger partial charge in [0.2, 0.25) is 5.91 Å². The largest absolute Gasteiger partial charge is 0.337 e. The minimum Gasteiger partial charge on any atom is -0.337 e. The molecule has 1 saturated heterocycles. The highest BCUT2D eigenvalue weighted by molar-refractivity contribution is 5.81. The van der Waals surface area contributed by atoms with E-state index in [2.05, 4.69) is 37.5 Å². The van der Waals surface area contributed by atoms with E-state index in [-0.39, 0.29) is 5.54 Å². The molecule has 2 fully saturated rings. The Bertz CT molecular complexity index is 278. The quantitative estimate of drug-likeness (QED) is 0.677. The minimum absolute atomic E-state index is 0.225. The molecule has 1 aliphatic carbocycles. The minimum atomic E-state index is 0.225. The number of piperazine rings is 1. The zero-order valence-corrected chi connectivity index (χ0v) is 11.0. The lowest BCUT2D eigenvalue weighted by Crippen LogP contribution is -2.58. The van der Waals surface area contributed by atoms with Crippen molar-refractivity contribution in [1.82, 2.24) is 9.80 Å². The van der Waals surface area contributed by atoms with Crippen LogP contribution in [0.5, 0.6) is 0 Å². The van der Waals surface area contributed by atoms with Gasteiger partial charge in [-0.15, -0.1) is 0 Å². The zero-order valence-electron chi connectivity index (χ0n) is 11.0. The van der Waals surface area contributed by atoms with E-state index in [1.807, 2.05) is 0 Å². The Morgan fingerprint density at radius 1 is 1.19 bits per heavy atom. The maximum Gasteiger partial charge on any atom is 0.226 e. The molecule has 1 heterocycles. The van der Waals surface area contributed by atoms with Gasteiger partial charge in [-0.05, 0) is 40.5 Å². The SMILES string of the molecule is CC1CN(C(C)(C)C)CCN1C(=O)C1CC1. The van der Waals surface area contributed by atoms with E-state index in [1.54, 1.807) is 0 Å². The number of amides is 1. The van der Waals surface area contributed by atoms with Crippen LogP contribution in [0, 0.1) is 5.92 Å². The van der Waals surface area contributed by atoms with Crippen molar-refractivity contribution in [2.75, 3.05) is 19.6 Å². The molecule has 0 N–H and O–H groups in total. The summed E-state index contributed by atoms with van der Waals surface area (Å²) in [7, 11) is 0. The molecule has 1 atom stereocenters. The summed E-state index contributed by atoms with van der Waals surface area (Å²) in [6.45, 7) is 11.9. The van der Waals surface area contributed by atoms with Crippen molar-refractivity contribution in [3.05, 3.63) is 0 Å². The number of hydrogen-bond acceptors (Lipinski definition) is 2. The number of nitrogens with zero attached hydrogens (tertiary/aromatic N) is 2. The first-order chi connectivity index (χ1) is 7.39. The van der Waals surface area contributed by atoms with Gasteiger partial charge in [-0.1, -0.05) is 0 Å². The van der Waals surface area contributed by atoms with E-state index in [0.29, 0.717) is 17.9 Å². The molecule has 1 saturated carbocycles. The van der Waals surface area contributed by atoms with Crippen LogP contribution < -0.4 is 0 Å². The first-order valence-electron chi connectivity index (χ1n) is 6.45. The van der Waals surface area contributed by atoms with E-state index >= 15 is 0 Å². The second kappa shape index (κ2) is 4.02. The molecule has 0 aromatic carbocycles. The Morgan fingerprint density at radius 3 is 2.25 bits per heavy atom. The maximum atomic E-state index is 12.0. The van der Waals surface area contributed by atoms with Gasteiger partial charge < -0.3 is 4.90 Å². The number of carbonyl (C=O) groups excluding carboxylic acids is 1. The Kier molecular flexibility index (Phi) is 2.99. The highest BCUT2D eigenvalue weighted by atomic mass is 16.2. The highest BCUT2D eigenvalue weighted by Crippen LogP contribution is 2.32. The monoisotopic (exact) mass is 224 g/mol. The molecule has 0 bridgehead atoms. The summed E-state index contributed by atoms with van der Waals surface area (Å²) in [5, 5.41) is 0. The van der Waals surface area contributed by atoms with Crippen molar-refractivity contribution in [3.8, 4) is 0 Å². The fourth-order valence-electron chi connectivity index (χ4n) is 2.46. The molecule has 3 heteroatoms. The lowest BCUT2D eigenvalue weighted by atomic mass is 10.0. The van der Waals surface area contributed by atoms with Crippen molar-refractivity contribution in [1.29, 1.82) is 0 Å². The molecule has 1 unspecified atom stereocenters. The Hall–Kier alpha value is -0.570. The van der Waals surface area contributed by atoms with Crippen LogP contribution >= 0.6 is 0 Å². The van der Waals surface area contributed by atoms with Gasteiger partial charge in [0.05, 0.1) is 0 Å². The smallest absolute Gasteiger partial charge is 0.226 e. The molecule has 2 rings (SSSR count). The summed E-state index contributed by atoms with van der Waals surface area (Å²) in [5.74, 6) is 0.768. The van der Waals surface area contributed by atoms with Crippen LogP contribution in [0.2, 0.25) is 0 Å². The number of rotatable bonds is 1. The van der Waals surface area contributed by atoms with Crippen LogP contribution in [0.4, 0.5) is 0 Å². The fourth-order valence-corrected chi connectivity index (χ4v) is 2.46. The van der Waals surface area contributed by atoms with Gasteiger partial charge in [-0.3, -0.25) is 9.69 Å². The van der Waals surface area contributed by atoms with Crippen molar-refractivity contribution in [3.63, 3.8) is 0 Å². The molecule has 0 radical (unpaired) electrons. The third-order valence-corrected chi connectivity index (χ3v) is 3.79. The second-order valence-corrected chi connectivity index (χ2v) is 6.27. The molecule has 16 heavy (non-hydrogen) atoms. The van der Waals surface area contributed by atoms with Gasteiger partial charge in [0, 0.05) is 37.1 Å². The van der Waals surface area contributed by atoms with Crippen LogP contribution in [0.1, 0.15) is 40.5 Å². The standard InChI is InChI=1S/C13H24N2O/c1-10-9-14(13(2,3)4)7-8-15(10)12(16)11-5-6-11/h10-11H,5-9H2,1-4H3. The first kappa shape index (κ1) is 11.9. The van der Waals surface area contributed by atoms with Gasteiger partial charge in [-0.25, -0.2) is 0 Å². The molecule has 0 spiro atoms. The van der Waals surface area contributed by atoms with Crippen molar-refractivity contribution in [2.45, 2.75) is 52.1 Å². The Balaban J connectivity index is 1.94. The average molecular weight is 224 g/mol. The predicted octanol–water partition coefficient (Wildman–Crippen LogP) is 1.73. The summed E-state index contributed by atoms with van der Waals surface area (Å²) in [4.78, 5) is 16.6. The van der Waals surface area contributed by atoms with Gasteiger partial charge in [0.15, 0.2) is 0 Å². The molecule has 0 aromatic rings. The van der Waals surface area contributed by atoms with Crippen LogP contribution in [0.3, 0.4) is 0 Å². The number of hydrogen-bond donors (Lipinski definition) is 0. The summed E-state index contributed by atoms with van der Waals surface area (Å²) < 4.78 is 0. The molecule has 0 aromatic heterocycles. The van der Waals surface area contributed by atoms with Crippen LogP contribution in [-0.4, -0.2) is 46.9 Å². The summed E-state index contributed by atoms with van der Waals surface area (Å²) in [6.07, 6.45) is 2.23. The highest BCUT2D eigenvalue weighted by Gasteiger charge is 2.38. The van der Waals surface area contributed by atoms with E-state index in [0.717, 1.165) is 32.5 Å². The maximum absolute atomic E-state index is 12.0. The third kappa shape index (κ3) is 2.40. The molecule has 3 nitrogen and oxygen atoms in total. The van der Waals surface area contributed by atoms with Crippen molar-refractivity contribution >= 4 is 5.91 Å². The van der Waals surface area contributed by atoms with E-state index in [9.17, 15) is 4.79 Å². The molecule has 92 valence electrons.